The van der Waals surface area contributed by atoms with Crippen LogP contribution < -0.4 is 10.5 Å². The Morgan fingerprint density at radius 2 is 1.84 bits per heavy atom. The predicted molar refractivity (Wildman–Crippen MR) is 74.0 cm³/mol. The lowest BCUT2D eigenvalue weighted by Gasteiger charge is -2.11. The first kappa shape index (κ1) is 13.6. The molecule has 0 aliphatic heterocycles. The lowest BCUT2D eigenvalue weighted by molar-refractivity contribution is 0.479. The van der Waals surface area contributed by atoms with Gasteiger partial charge in [0.1, 0.15) is 23.2 Å². The van der Waals surface area contributed by atoms with Crippen LogP contribution in [0.15, 0.2) is 36.4 Å². The molecule has 0 aromatic heterocycles. The van der Waals surface area contributed by atoms with Gasteiger partial charge in [-0.25, -0.2) is 4.39 Å². The van der Waals surface area contributed by atoms with Crippen molar-refractivity contribution < 1.29 is 9.13 Å². The SMILES string of the molecule is N=C(N)c1cc(F)ccc1Oc1cc(Cl)ccc1Cl. The van der Waals surface area contributed by atoms with Crippen molar-refractivity contribution >= 4 is 29.0 Å². The molecule has 2 aromatic rings. The molecule has 0 unspecified atom stereocenters. The van der Waals surface area contributed by atoms with Crippen molar-refractivity contribution in [2.75, 3.05) is 0 Å². The molecule has 0 saturated heterocycles. The summed E-state index contributed by atoms with van der Waals surface area (Å²) in [5.74, 6) is -0.260. The highest BCUT2D eigenvalue weighted by atomic mass is 35.5. The summed E-state index contributed by atoms with van der Waals surface area (Å²) in [4.78, 5) is 0. The van der Waals surface area contributed by atoms with Crippen molar-refractivity contribution in [3.05, 3.63) is 57.8 Å². The van der Waals surface area contributed by atoms with Gasteiger partial charge < -0.3 is 10.5 Å². The minimum absolute atomic E-state index is 0.149. The summed E-state index contributed by atoms with van der Waals surface area (Å²) >= 11 is 11.8. The fourth-order valence-corrected chi connectivity index (χ4v) is 1.79. The van der Waals surface area contributed by atoms with Crippen LogP contribution in [0.25, 0.3) is 0 Å². The van der Waals surface area contributed by atoms with Crippen molar-refractivity contribution in [2.24, 2.45) is 5.73 Å². The average molecular weight is 299 g/mol. The standard InChI is InChI=1S/C13H9Cl2FN2O/c14-7-1-3-10(15)12(5-7)19-11-4-2-8(16)6-9(11)13(17)18/h1-6H,(H3,17,18). The third kappa shape index (κ3) is 3.16. The summed E-state index contributed by atoms with van der Waals surface area (Å²) in [5, 5.41) is 8.21. The molecule has 0 bridgehead atoms. The van der Waals surface area contributed by atoms with Gasteiger partial charge in [-0.15, -0.1) is 0 Å². The zero-order chi connectivity index (χ0) is 14.0. The van der Waals surface area contributed by atoms with Crippen LogP contribution in [0.1, 0.15) is 5.56 Å². The molecule has 0 amide bonds. The van der Waals surface area contributed by atoms with E-state index in [9.17, 15) is 4.39 Å². The largest absolute Gasteiger partial charge is 0.455 e. The molecule has 3 N–H and O–H groups in total. The number of ether oxygens (including phenoxy) is 1. The predicted octanol–water partition coefficient (Wildman–Crippen LogP) is 4.21. The first-order chi connectivity index (χ1) is 8.97. The number of hydrogen-bond donors (Lipinski definition) is 2. The van der Waals surface area contributed by atoms with E-state index in [1.807, 2.05) is 0 Å². The van der Waals surface area contributed by atoms with Crippen molar-refractivity contribution in [2.45, 2.75) is 0 Å². The number of nitrogen functional groups attached to an aromatic ring is 1. The maximum Gasteiger partial charge on any atom is 0.147 e. The van der Waals surface area contributed by atoms with Gasteiger partial charge in [-0.1, -0.05) is 23.2 Å². The lowest BCUT2D eigenvalue weighted by atomic mass is 10.2. The van der Waals surface area contributed by atoms with Crippen LogP contribution in [0.3, 0.4) is 0 Å². The van der Waals surface area contributed by atoms with E-state index in [1.54, 1.807) is 12.1 Å². The minimum atomic E-state index is -0.505. The second-order valence-electron chi connectivity index (χ2n) is 3.73. The second-order valence-corrected chi connectivity index (χ2v) is 4.57. The summed E-state index contributed by atoms with van der Waals surface area (Å²) < 4.78 is 18.7. The van der Waals surface area contributed by atoms with Crippen LogP contribution in [0.4, 0.5) is 4.39 Å². The molecule has 0 radical (unpaired) electrons. The van der Waals surface area contributed by atoms with E-state index in [0.717, 1.165) is 6.07 Å². The molecule has 2 rings (SSSR count). The maximum absolute atomic E-state index is 13.1. The van der Waals surface area contributed by atoms with E-state index >= 15 is 0 Å². The molecule has 0 aliphatic carbocycles. The molecule has 0 saturated carbocycles. The smallest absolute Gasteiger partial charge is 0.147 e. The Bertz CT molecular complexity index is 647. The van der Waals surface area contributed by atoms with Gasteiger partial charge in [-0.2, -0.15) is 0 Å². The molecule has 3 nitrogen and oxygen atoms in total. The highest BCUT2D eigenvalue weighted by Crippen LogP contribution is 2.33. The van der Waals surface area contributed by atoms with Crippen LogP contribution >= 0.6 is 23.2 Å². The molecule has 6 heteroatoms. The molecule has 0 atom stereocenters. The summed E-state index contributed by atoms with van der Waals surface area (Å²) in [6.45, 7) is 0. The third-order valence-corrected chi connectivity index (χ3v) is 2.89. The van der Waals surface area contributed by atoms with Crippen LogP contribution in [0, 0.1) is 11.2 Å². The zero-order valence-corrected chi connectivity index (χ0v) is 11.1. The summed E-state index contributed by atoms with van der Waals surface area (Å²) in [6.07, 6.45) is 0. The number of benzene rings is 2. The first-order valence-electron chi connectivity index (χ1n) is 5.24. The van der Waals surface area contributed by atoms with Crippen molar-refractivity contribution in [3.63, 3.8) is 0 Å². The summed E-state index contributed by atoms with van der Waals surface area (Å²) in [5.41, 5.74) is 5.53. The Balaban J connectivity index is 2.43. The van der Waals surface area contributed by atoms with E-state index in [1.165, 1.54) is 18.2 Å². The molecule has 0 fully saturated rings. The van der Waals surface area contributed by atoms with Crippen molar-refractivity contribution in [1.29, 1.82) is 5.41 Å². The number of halogens is 3. The van der Waals surface area contributed by atoms with Gasteiger partial charge >= 0.3 is 0 Å². The molecule has 0 spiro atoms. The van der Waals surface area contributed by atoms with Crippen molar-refractivity contribution in [1.82, 2.24) is 0 Å². The van der Waals surface area contributed by atoms with Crippen molar-refractivity contribution in [3.8, 4) is 11.5 Å². The average Bonchev–Trinajstić information content (AvgIpc) is 2.35. The Hall–Kier alpha value is -1.78. The normalized spacial score (nSPS) is 10.3. The van der Waals surface area contributed by atoms with Gasteiger partial charge in [0, 0.05) is 11.1 Å². The van der Waals surface area contributed by atoms with Gasteiger partial charge in [-0.05, 0) is 30.3 Å². The molecule has 19 heavy (non-hydrogen) atoms. The molecule has 0 heterocycles. The van der Waals surface area contributed by atoms with Gasteiger partial charge in [-0.3, -0.25) is 5.41 Å². The third-order valence-electron chi connectivity index (χ3n) is 2.34. The number of nitrogens with one attached hydrogen (secondary N) is 1. The maximum atomic E-state index is 13.1. The van der Waals surface area contributed by atoms with Gasteiger partial charge in [0.05, 0.1) is 10.6 Å². The van der Waals surface area contributed by atoms with E-state index in [2.05, 4.69) is 0 Å². The first-order valence-corrected chi connectivity index (χ1v) is 6.00. The van der Waals surface area contributed by atoms with Crippen LogP contribution in [0.2, 0.25) is 10.0 Å². The monoisotopic (exact) mass is 298 g/mol. The number of rotatable bonds is 3. The lowest BCUT2D eigenvalue weighted by Crippen LogP contribution is -2.12. The quantitative estimate of drug-likeness (QED) is 0.659. The summed E-state index contributed by atoms with van der Waals surface area (Å²) in [6, 6.07) is 8.43. The van der Waals surface area contributed by atoms with Crippen LogP contribution in [-0.4, -0.2) is 5.84 Å². The fourth-order valence-electron chi connectivity index (χ4n) is 1.48. The molecule has 98 valence electrons. The molecule has 0 aliphatic rings. The van der Waals surface area contributed by atoms with Crippen LogP contribution in [0.5, 0.6) is 11.5 Å². The van der Waals surface area contributed by atoms with E-state index in [4.69, 9.17) is 39.1 Å². The Morgan fingerprint density at radius 3 is 2.53 bits per heavy atom. The van der Waals surface area contributed by atoms with Crippen LogP contribution in [-0.2, 0) is 0 Å². The highest BCUT2D eigenvalue weighted by Gasteiger charge is 2.11. The van der Waals surface area contributed by atoms with E-state index < -0.39 is 5.82 Å². The highest BCUT2D eigenvalue weighted by molar-refractivity contribution is 6.34. The van der Waals surface area contributed by atoms with Gasteiger partial charge in [0.2, 0.25) is 0 Å². The Morgan fingerprint density at radius 1 is 1.11 bits per heavy atom. The minimum Gasteiger partial charge on any atom is -0.455 e. The number of nitrogens with two attached hydrogens (primary N) is 1. The van der Waals surface area contributed by atoms with Gasteiger partial charge in [0.25, 0.3) is 0 Å². The number of amidine groups is 1. The zero-order valence-electron chi connectivity index (χ0n) is 9.58. The summed E-state index contributed by atoms with van der Waals surface area (Å²) in [7, 11) is 0. The molecule has 2 aromatic carbocycles. The van der Waals surface area contributed by atoms with E-state index in [0.29, 0.717) is 15.8 Å². The Kier molecular flexibility index (Phi) is 3.93. The molecular formula is C13H9Cl2FN2O. The molecular weight excluding hydrogens is 290 g/mol. The van der Waals surface area contributed by atoms with E-state index in [-0.39, 0.29) is 17.1 Å². The topological polar surface area (TPSA) is 59.1 Å². The fraction of sp³-hybridized carbons (Fsp3) is 0. The second kappa shape index (κ2) is 5.47. The number of hydrogen-bond acceptors (Lipinski definition) is 2. The van der Waals surface area contributed by atoms with Gasteiger partial charge in [0.15, 0.2) is 0 Å². The Labute approximate surface area is 119 Å².